The summed E-state index contributed by atoms with van der Waals surface area (Å²) < 4.78 is 9.56. The fourth-order valence-corrected chi connectivity index (χ4v) is 2.06. The van der Waals surface area contributed by atoms with Gasteiger partial charge in [-0.05, 0) is 31.2 Å². The zero-order valence-electron chi connectivity index (χ0n) is 14.0. The van der Waals surface area contributed by atoms with Gasteiger partial charge in [0.1, 0.15) is 5.76 Å². The number of hydrogen-bond acceptors (Lipinski definition) is 8. The van der Waals surface area contributed by atoms with Gasteiger partial charge < -0.3 is 19.9 Å². The van der Waals surface area contributed by atoms with Crippen LogP contribution in [0.1, 0.15) is 26.5 Å². The normalized spacial score (nSPS) is 10.2. The Morgan fingerprint density at radius 3 is 2.35 bits per heavy atom. The molecule has 3 aromatic rings. The molecule has 0 unspecified atom stereocenters. The van der Waals surface area contributed by atoms with E-state index in [0.717, 1.165) is 0 Å². The topological polar surface area (TPSA) is 119 Å². The van der Waals surface area contributed by atoms with Crippen LogP contribution in [0.4, 0.5) is 17.5 Å². The van der Waals surface area contributed by atoms with Gasteiger partial charge in [-0.25, -0.2) is 14.8 Å². The van der Waals surface area contributed by atoms with Crippen LogP contribution in [0, 0.1) is 6.92 Å². The van der Waals surface area contributed by atoms with Crippen LogP contribution in [-0.4, -0.2) is 34.1 Å². The van der Waals surface area contributed by atoms with Crippen molar-refractivity contribution in [1.29, 1.82) is 0 Å². The Morgan fingerprint density at radius 2 is 1.77 bits per heavy atom. The Labute approximate surface area is 148 Å². The lowest BCUT2D eigenvalue weighted by Gasteiger charge is -2.06. The van der Waals surface area contributed by atoms with Gasteiger partial charge in [0.05, 0.1) is 18.2 Å². The third-order valence-corrected chi connectivity index (χ3v) is 3.35. The molecule has 0 aliphatic heterocycles. The van der Waals surface area contributed by atoms with Crippen molar-refractivity contribution < 1.29 is 18.8 Å². The van der Waals surface area contributed by atoms with E-state index in [-0.39, 0.29) is 17.4 Å². The third kappa shape index (κ3) is 4.01. The van der Waals surface area contributed by atoms with Gasteiger partial charge in [0.2, 0.25) is 5.95 Å². The number of aromatic nitrogens is 3. The zero-order chi connectivity index (χ0) is 18.5. The standard InChI is InChI=1S/C17H15N5O4/c1-10-7-14(22-26-10)21-17-18-8-12(9-19-17)15(23)20-13-5-3-11(4-6-13)16(24)25-2/h3-9H,1-2H3,(H,20,23)(H,18,19,21,22). The summed E-state index contributed by atoms with van der Waals surface area (Å²) in [6, 6.07) is 8.03. The Bertz CT molecular complexity index is 919. The largest absolute Gasteiger partial charge is 0.465 e. The molecule has 1 amide bonds. The van der Waals surface area contributed by atoms with Crippen molar-refractivity contribution in [2.45, 2.75) is 6.92 Å². The van der Waals surface area contributed by atoms with Crippen molar-refractivity contribution in [2.24, 2.45) is 0 Å². The van der Waals surface area contributed by atoms with Crippen LogP contribution in [-0.2, 0) is 4.74 Å². The SMILES string of the molecule is COC(=O)c1ccc(NC(=O)c2cnc(Nc3cc(C)on3)nc2)cc1. The minimum Gasteiger partial charge on any atom is -0.465 e. The van der Waals surface area contributed by atoms with Crippen LogP contribution < -0.4 is 10.6 Å². The molecule has 0 aliphatic carbocycles. The minimum atomic E-state index is -0.443. The molecule has 2 aromatic heterocycles. The average molecular weight is 353 g/mol. The maximum absolute atomic E-state index is 12.2. The van der Waals surface area contributed by atoms with Crippen LogP contribution >= 0.6 is 0 Å². The monoisotopic (exact) mass is 353 g/mol. The number of amides is 1. The van der Waals surface area contributed by atoms with Gasteiger partial charge >= 0.3 is 5.97 Å². The third-order valence-electron chi connectivity index (χ3n) is 3.35. The van der Waals surface area contributed by atoms with E-state index in [1.807, 2.05) is 0 Å². The lowest BCUT2D eigenvalue weighted by atomic mass is 10.2. The number of methoxy groups -OCH3 is 1. The van der Waals surface area contributed by atoms with Crippen LogP contribution in [0.5, 0.6) is 0 Å². The number of ether oxygens (including phenoxy) is 1. The fraction of sp³-hybridized carbons (Fsp3) is 0.118. The Balaban J connectivity index is 1.63. The molecule has 0 radical (unpaired) electrons. The van der Waals surface area contributed by atoms with Crippen molar-refractivity contribution >= 4 is 29.3 Å². The smallest absolute Gasteiger partial charge is 0.337 e. The zero-order valence-corrected chi connectivity index (χ0v) is 14.0. The summed E-state index contributed by atoms with van der Waals surface area (Å²) in [5.74, 6) is 0.603. The molecule has 1 aromatic carbocycles. The summed E-state index contributed by atoms with van der Waals surface area (Å²) in [5.41, 5.74) is 1.21. The fourth-order valence-electron chi connectivity index (χ4n) is 2.06. The van der Waals surface area contributed by atoms with Gasteiger partial charge in [-0.15, -0.1) is 0 Å². The first-order valence-corrected chi connectivity index (χ1v) is 7.57. The molecule has 9 heteroatoms. The first-order chi connectivity index (χ1) is 12.5. The van der Waals surface area contributed by atoms with E-state index in [9.17, 15) is 9.59 Å². The van der Waals surface area contributed by atoms with Gasteiger partial charge in [0.25, 0.3) is 5.91 Å². The molecule has 0 fully saturated rings. The summed E-state index contributed by atoms with van der Waals surface area (Å²) in [5, 5.41) is 9.33. The highest BCUT2D eigenvalue weighted by Gasteiger charge is 2.10. The molecule has 2 N–H and O–H groups in total. The number of hydrogen-bond donors (Lipinski definition) is 2. The summed E-state index contributed by atoms with van der Waals surface area (Å²) in [4.78, 5) is 31.8. The molecule has 0 atom stereocenters. The predicted molar refractivity (Wildman–Crippen MR) is 92.3 cm³/mol. The van der Waals surface area contributed by atoms with E-state index >= 15 is 0 Å². The molecule has 0 saturated carbocycles. The number of anilines is 3. The number of esters is 1. The van der Waals surface area contributed by atoms with Gasteiger partial charge in [-0.2, -0.15) is 0 Å². The number of benzene rings is 1. The number of carbonyl (C=O) groups excluding carboxylic acids is 2. The van der Waals surface area contributed by atoms with Gasteiger partial charge in [0.15, 0.2) is 5.82 Å². The second-order valence-corrected chi connectivity index (χ2v) is 5.27. The summed E-state index contributed by atoms with van der Waals surface area (Å²) in [7, 11) is 1.31. The van der Waals surface area contributed by atoms with E-state index in [2.05, 4.69) is 30.5 Å². The predicted octanol–water partition coefficient (Wildman–Crippen LogP) is 2.56. The highest BCUT2D eigenvalue weighted by atomic mass is 16.5. The van der Waals surface area contributed by atoms with E-state index < -0.39 is 5.97 Å². The first-order valence-electron chi connectivity index (χ1n) is 7.57. The maximum Gasteiger partial charge on any atom is 0.337 e. The number of carbonyl (C=O) groups is 2. The van der Waals surface area contributed by atoms with E-state index in [4.69, 9.17) is 4.52 Å². The van der Waals surface area contributed by atoms with E-state index in [1.165, 1.54) is 19.5 Å². The average Bonchev–Trinajstić information content (AvgIpc) is 3.07. The lowest BCUT2D eigenvalue weighted by Crippen LogP contribution is -2.13. The number of aryl methyl sites for hydroxylation is 1. The van der Waals surface area contributed by atoms with E-state index in [0.29, 0.717) is 22.8 Å². The molecule has 2 heterocycles. The molecule has 9 nitrogen and oxygen atoms in total. The van der Waals surface area contributed by atoms with Gasteiger partial charge in [-0.1, -0.05) is 5.16 Å². The quantitative estimate of drug-likeness (QED) is 0.672. The Hall–Kier alpha value is -3.75. The van der Waals surface area contributed by atoms with Gasteiger partial charge in [0, 0.05) is 24.1 Å². The molecule has 0 aliphatic rings. The van der Waals surface area contributed by atoms with E-state index in [1.54, 1.807) is 37.3 Å². The molecular weight excluding hydrogens is 338 g/mol. The molecule has 0 bridgehead atoms. The number of nitrogens with one attached hydrogen (secondary N) is 2. The molecular formula is C17H15N5O4. The summed E-state index contributed by atoms with van der Waals surface area (Å²) >= 11 is 0. The summed E-state index contributed by atoms with van der Waals surface area (Å²) in [6.07, 6.45) is 2.78. The molecule has 0 spiro atoms. The van der Waals surface area contributed by atoms with Crippen molar-refractivity contribution in [3.63, 3.8) is 0 Å². The number of rotatable bonds is 5. The summed E-state index contributed by atoms with van der Waals surface area (Å²) in [6.45, 7) is 1.77. The molecule has 26 heavy (non-hydrogen) atoms. The van der Waals surface area contributed by atoms with Crippen LogP contribution in [0.2, 0.25) is 0 Å². The van der Waals surface area contributed by atoms with Crippen LogP contribution in [0.3, 0.4) is 0 Å². The maximum atomic E-state index is 12.2. The lowest BCUT2D eigenvalue weighted by molar-refractivity contribution is 0.0600. The Kier molecular flexibility index (Phi) is 4.88. The van der Waals surface area contributed by atoms with Crippen LogP contribution in [0.25, 0.3) is 0 Å². The highest BCUT2D eigenvalue weighted by Crippen LogP contribution is 2.14. The minimum absolute atomic E-state index is 0.281. The van der Waals surface area contributed by atoms with Crippen molar-refractivity contribution in [3.8, 4) is 0 Å². The Morgan fingerprint density at radius 1 is 1.08 bits per heavy atom. The van der Waals surface area contributed by atoms with Crippen molar-refractivity contribution in [2.75, 3.05) is 17.7 Å². The van der Waals surface area contributed by atoms with Gasteiger partial charge in [-0.3, -0.25) is 4.79 Å². The molecule has 3 rings (SSSR count). The van der Waals surface area contributed by atoms with Crippen LogP contribution in [0.15, 0.2) is 47.2 Å². The number of nitrogens with zero attached hydrogens (tertiary/aromatic N) is 3. The van der Waals surface area contributed by atoms with Crippen molar-refractivity contribution in [3.05, 3.63) is 59.6 Å². The second kappa shape index (κ2) is 7.43. The molecule has 132 valence electrons. The second-order valence-electron chi connectivity index (χ2n) is 5.27. The highest BCUT2D eigenvalue weighted by molar-refractivity contribution is 6.04. The van der Waals surface area contributed by atoms with Crippen molar-refractivity contribution in [1.82, 2.24) is 15.1 Å². The first kappa shape index (κ1) is 17.1. The molecule has 0 saturated heterocycles.